The maximum atomic E-state index is 13.6. The van der Waals surface area contributed by atoms with E-state index in [1.165, 1.54) is 23.9 Å². The van der Waals surface area contributed by atoms with Crippen LogP contribution in [0.3, 0.4) is 0 Å². The molecule has 1 aromatic carbocycles. The normalized spacial score (nSPS) is 17.8. The highest BCUT2D eigenvalue weighted by atomic mass is 35.5. The van der Waals surface area contributed by atoms with Gasteiger partial charge in [-0.15, -0.1) is 0 Å². The minimum absolute atomic E-state index is 0.191. The molecule has 1 aliphatic rings. The van der Waals surface area contributed by atoms with Crippen molar-refractivity contribution >= 4 is 40.2 Å². The summed E-state index contributed by atoms with van der Waals surface area (Å²) in [6, 6.07) is 6.43. The summed E-state index contributed by atoms with van der Waals surface area (Å²) in [5, 5.41) is 1.02. The van der Waals surface area contributed by atoms with Crippen LogP contribution in [0.25, 0.3) is 17.0 Å². The Morgan fingerprint density at radius 1 is 1.27 bits per heavy atom. The third-order valence-corrected chi connectivity index (χ3v) is 5.13. The molecule has 2 aromatic heterocycles. The summed E-state index contributed by atoms with van der Waals surface area (Å²) in [7, 11) is 0. The van der Waals surface area contributed by atoms with E-state index in [9.17, 15) is 4.39 Å². The Bertz CT molecular complexity index is 966. The molecule has 0 spiro atoms. The quantitative estimate of drug-likeness (QED) is 0.501. The Balaban J connectivity index is 1.87. The van der Waals surface area contributed by atoms with Crippen molar-refractivity contribution in [1.82, 2.24) is 19.5 Å². The van der Waals surface area contributed by atoms with Crippen LogP contribution < -0.4 is 4.90 Å². The largest absolute Gasteiger partial charge is 0.377 e. The van der Waals surface area contributed by atoms with E-state index in [0.29, 0.717) is 35.0 Å². The van der Waals surface area contributed by atoms with Crippen molar-refractivity contribution in [2.45, 2.75) is 18.1 Å². The number of thioether (sulfide) groups is 1. The summed E-state index contributed by atoms with van der Waals surface area (Å²) in [4.78, 5) is 15.7. The maximum absolute atomic E-state index is 13.6. The fourth-order valence-corrected chi connectivity index (χ4v) is 3.80. The molecule has 0 aliphatic carbocycles. The molecule has 136 valence electrons. The zero-order valence-electron chi connectivity index (χ0n) is 14.3. The lowest BCUT2D eigenvalue weighted by atomic mass is 10.2. The predicted molar refractivity (Wildman–Crippen MR) is 101 cm³/mol. The molecule has 0 amide bonds. The van der Waals surface area contributed by atoms with E-state index in [1.807, 2.05) is 6.26 Å². The zero-order valence-corrected chi connectivity index (χ0v) is 15.9. The number of ether oxygens (including phenoxy) is 1. The molecule has 0 N–H and O–H groups in total. The van der Waals surface area contributed by atoms with Crippen LogP contribution in [0.2, 0.25) is 5.15 Å². The van der Waals surface area contributed by atoms with Gasteiger partial charge in [0.1, 0.15) is 16.8 Å². The monoisotopic (exact) mass is 393 g/mol. The second-order valence-corrected chi connectivity index (χ2v) is 7.19. The van der Waals surface area contributed by atoms with Crippen LogP contribution in [-0.2, 0) is 4.74 Å². The molecule has 0 saturated carbocycles. The van der Waals surface area contributed by atoms with Gasteiger partial charge in [-0.1, -0.05) is 23.4 Å². The smallest absolute Gasteiger partial charge is 0.239 e. The molecular formula is C17H17ClFN5OS. The Labute approximate surface area is 159 Å². The first-order chi connectivity index (χ1) is 12.6. The number of anilines is 1. The van der Waals surface area contributed by atoms with Crippen molar-refractivity contribution in [3.05, 3.63) is 35.2 Å². The van der Waals surface area contributed by atoms with Crippen molar-refractivity contribution in [1.29, 1.82) is 0 Å². The van der Waals surface area contributed by atoms with E-state index >= 15 is 0 Å². The SMILES string of the molecule is CSc1nc2cc(F)ccc2n1-c1nc(Cl)cc(N2CCOC[C@H]2C)n1. The Kier molecular flexibility index (Phi) is 4.73. The first-order valence-electron chi connectivity index (χ1n) is 8.18. The van der Waals surface area contributed by atoms with Crippen LogP contribution in [-0.4, -0.2) is 51.6 Å². The summed E-state index contributed by atoms with van der Waals surface area (Å²) in [5.74, 6) is 0.834. The van der Waals surface area contributed by atoms with Gasteiger partial charge in [0, 0.05) is 18.7 Å². The molecule has 6 nitrogen and oxygen atoms in total. The molecule has 1 aliphatic heterocycles. The number of fused-ring (bicyclic) bond motifs is 1. The molecule has 26 heavy (non-hydrogen) atoms. The van der Waals surface area contributed by atoms with Crippen LogP contribution in [0.15, 0.2) is 29.4 Å². The average molecular weight is 394 g/mol. The van der Waals surface area contributed by atoms with Crippen LogP contribution in [0.5, 0.6) is 0 Å². The summed E-state index contributed by atoms with van der Waals surface area (Å²) < 4.78 is 20.9. The number of benzene rings is 1. The third-order valence-electron chi connectivity index (χ3n) is 4.30. The predicted octanol–water partition coefficient (Wildman–Crippen LogP) is 3.56. The Hall–Kier alpha value is -1.90. The summed E-state index contributed by atoms with van der Waals surface area (Å²) >= 11 is 7.74. The number of aromatic nitrogens is 4. The first kappa shape index (κ1) is 17.5. The van der Waals surface area contributed by atoms with E-state index < -0.39 is 0 Å². The molecule has 0 unspecified atom stereocenters. The van der Waals surface area contributed by atoms with Gasteiger partial charge < -0.3 is 9.64 Å². The summed E-state index contributed by atoms with van der Waals surface area (Å²) in [6.07, 6.45) is 1.91. The van der Waals surface area contributed by atoms with E-state index in [4.69, 9.17) is 21.3 Å². The van der Waals surface area contributed by atoms with Gasteiger partial charge >= 0.3 is 0 Å². The number of morpholine rings is 1. The van der Waals surface area contributed by atoms with Crippen LogP contribution in [0, 0.1) is 5.82 Å². The highest BCUT2D eigenvalue weighted by Gasteiger charge is 2.23. The molecule has 1 fully saturated rings. The number of imidazole rings is 1. The molecule has 4 rings (SSSR count). The van der Waals surface area contributed by atoms with Crippen LogP contribution >= 0.6 is 23.4 Å². The number of halogens is 2. The number of hydrogen-bond donors (Lipinski definition) is 0. The molecule has 3 aromatic rings. The number of nitrogens with zero attached hydrogens (tertiary/aromatic N) is 5. The molecule has 1 atom stereocenters. The van der Waals surface area contributed by atoms with Gasteiger partial charge in [-0.05, 0) is 25.3 Å². The van der Waals surface area contributed by atoms with Gasteiger partial charge in [0.2, 0.25) is 5.95 Å². The van der Waals surface area contributed by atoms with Crippen LogP contribution in [0.1, 0.15) is 6.92 Å². The van der Waals surface area contributed by atoms with Gasteiger partial charge in [0.25, 0.3) is 0 Å². The van der Waals surface area contributed by atoms with E-state index in [0.717, 1.165) is 17.9 Å². The molecule has 0 bridgehead atoms. The average Bonchev–Trinajstić information content (AvgIpc) is 2.99. The Morgan fingerprint density at radius 2 is 2.12 bits per heavy atom. The van der Waals surface area contributed by atoms with Gasteiger partial charge in [-0.3, -0.25) is 4.57 Å². The van der Waals surface area contributed by atoms with Crippen molar-refractivity contribution in [2.24, 2.45) is 0 Å². The Morgan fingerprint density at radius 3 is 2.88 bits per heavy atom. The molecule has 9 heteroatoms. The summed E-state index contributed by atoms with van der Waals surface area (Å²) in [6.45, 7) is 4.10. The third kappa shape index (κ3) is 3.13. The van der Waals surface area contributed by atoms with E-state index in [-0.39, 0.29) is 11.9 Å². The highest BCUT2D eigenvalue weighted by molar-refractivity contribution is 7.98. The molecule has 1 saturated heterocycles. The van der Waals surface area contributed by atoms with E-state index in [2.05, 4.69) is 21.8 Å². The maximum Gasteiger partial charge on any atom is 0.239 e. The van der Waals surface area contributed by atoms with Crippen molar-refractivity contribution in [3.8, 4) is 5.95 Å². The molecule has 3 heterocycles. The van der Waals surface area contributed by atoms with Crippen molar-refractivity contribution in [2.75, 3.05) is 30.9 Å². The molecule has 0 radical (unpaired) electrons. The lowest BCUT2D eigenvalue weighted by Gasteiger charge is -2.34. The minimum Gasteiger partial charge on any atom is -0.377 e. The van der Waals surface area contributed by atoms with Gasteiger partial charge in [-0.2, -0.15) is 4.98 Å². The van der Waals surface area contributed by atoms with Crippen molar-refractivity contribution < 1.29 is 9.13 Å². The number of rotatable bonds is 3. The topological polar surface area (TPSA) is 56.1 Å². The van der Waals surface area contributed by atoms with Crippen molar-refractivity contribution in [3.63, 3.8) is 0 Å². The number of hydrogen-bond acceptors (Lipinski definition) is 6. The van der Waals surface area contributed by atoms with E-state index in [1.54, 1.807) is 16.7 Å². The standard InChI is InChI=1S/C17H17ClFN5OS/c1-10-9-25-6-5-23(10)15-8-14(18)21-16(22-15)24-13-4-3-11(19)7-12(13)20-17(24)26-2/h3-4,7-8,10H,5-6,9H2,1-2H3/t10-/m1/s1. The fourth-order valence-electron chi connectivity index (χ4n) is 3.07. The second kappa shape index (κ2) is 7.02. The lowest BCUT2D eigenvalue weighted by molar-refractivity contribution is 0.0985. The fraction of sp³-hybridized carbons (Fsp3) is 0.353. The highest BCUT2D eigenvalue weighted by Crippen LogP contribution is 2.28. The second-order valence-electron chi connectivity index (χ2n) is 6.03. The minimum atomic E-state index is -0.329. The van der Waals surface area contributed by atoms with Gasteiger partial charge in [0.15, 0.2) is 5.16 Å². The zero-order chi connectivity index (χ0) is 18.3. The lowest BCUT2D eigenvalue weighted by Crippen LogP contribution is -2.44. The first-order valence-corrected chi connectivity index (χ1v) is 9.78. The molecular weight excluding hydrogens is 377 g/mol. The van der Waals surface area contributed by atoms with Gasteiger partial charge in [0.05, 0.1) is 30.3 Å². The van der Waals surface area contributed by atoms with Gasteiger partial charge in [-0.25, -0.2) is 14.4 Å². The summed E-state index contributed by atoms with van der Waals surface area (Å²) in [5.41, 5.74) is 1.29. The van der Waals surface area contributed by atoms with Crippen LogP contribution in [0.4, 0.5) is 10.2 Å².